The highest BCUT2D eigenvalue weighted by Gasteiger charge is 2.26. The summed E-state index contributed by atoms with van der Waals surface area (Å²) in [5.41, 5.74) is -1.34. The first kappa shape index (κ1) is 17.1. The molecule has 0 spiro atoms. The van der Waals surface area contributed by atoms with Gasteiger partial charge in [0.2, 0.25) is 5.54 Å². The Morgan fingerprint density at radius 1 is 1.38 bits per heavy atom. The average molecular weight is 328 g/mol. The highest BCUT2D eigenvalue weighted by Crippen LogP contribution is 2.31. The van der Waals surface area contributed by atoms with E-state index in [4.69, 9.17) is 5.41 Å². The van der Waals surface area contributed by atoms with Crippen molar-refractivity contribution >= 4 is 32.3 Å². The van der Waals surface area contributed by atoms with Crippen LogP contribution in [-0.4, -0.2) is 25.4 Å². The smallest absolute Gasteiger partial charge is 0.287 e. The number of pyridine rings is 1. The number of rotatable bonds is 6. The molecule has 0 aliphatic heterocycles. The third-order valence-electron chi connectivity index (χ3n) is 2.26. The predicted molar refractivity (Wildman–Crippen MR) is 82.3 cm³/mol. The van der Waals surface area contributed by atoms with Crippen LogP contribution in [0.25, 0.3) is 0 Å². The molecule has 1 rings (SSSR count). The molecule has 0 atom stereocenters. The Kier molecular flexibility index (Phi) is 5.85. The Morgan fingerprint density at radius 2 is 2.05 bits per heavy atom. The van der Waals surface area contributed by atoms with Crippen LogP contribution in [0, 0.1) is 25.6 Å². The third-order valence-corrected chi connectivity index (χ3v) is 4.37. The lowest BCUT2D eigenvalue weighted by Crippen LogP contribution is -2.27. The lowest BCUT2D eigenvalue weighted by atomic mass is 10.1. The molecule has 0 radical (unpaired) electrons. The number of nitro groups is 2. The monoisotopic (exact) mass is 328 g/mol. The molecule has 0 saturated carbocycles. The van der Waals surface area contributed by atoms with Crippen molar-refractivity contribution in [3.63, 3.8) is 0 Å². The first-order chi connectivity index (χ1) is 9.72. The first-order valence-corrected chi connectivity index (χ1v) is 7.74. The molecule has 0 saturated heterocycles. The van der Waals surface area contributed by atoms with Gasteiger partial charge in [0.1, 0.15) is 11.2 Å². The van der Waals surface area contributed by atoms with E-state index in [2.05, 4.69) is 4.98 Å². The summed E-state index contributed by atoms with van der Waals surface area (Å²) >= 11 is 0. The summed E-state index contributed by atoms with van der Waals surface area (Å²) in [5, 5.41) is 29.5. The minimum atomic E-state index is -1.23. The van der Waals surface area contributed by atoms with Gasteiger partial charge in [-0.1, -0.05) is 0 Å². The van der Waals surface area contributed by atoms with Crippen LogP contribution in [0.4, 0.5) is 5.69 Å². The van der Waals surface area contributed by atoms with Crippen LogP contribution in [0.15, 0.2) is 35.5 Å². The summed E-state index contributed by atoms with van der Waals surface area (Å²) in [7, 11) is 2.20. The van der Waals surface area contributed by atoms with Crippen LogP contribution in [-0.2, 0) is 0 Å². The van der Waals surface area contributed by atoms with E-state index in [-0.39, 0.29) is 10.7 Å². The highest BCUT2D eigenvalue weighted by molar-refractivity contribution is 8.82. The van der Waals surface area contributed by atoms with E-state index in [9.17, 15) is 20.2 Å². The Morgan fingerprint density at radius 3 is 2.52 bits per heavy atom. The van der Waals surface area contributed by atoms with Crippen molar-refractivity contribution in [1.29, 1.82) is 5.41 Å². The van der Waals surface area contributed by atoms with Crippen LogP contribution < -0.4 is 0 Å². The molecular weight excluding hydrogens is 316 g/mol. The Labute approximate surface area is 128 Å². The van der Waals surface area contributed by atoms with E-state index < -0.39 is 15.4 Å². The fourth-order valence-corrected chi connectivity index (χ4v) is 2.49. The summed E-state index contributed by atoms with van der Waals surface area (Å²) in [5.74, 6) is 0. The molecule has 0 unspecified atom stereocenters. The zero-order valence-electron chi connectivity index (χ0n) is 11.2. The molecule has 1 aromatic rings. The Bertz CT molecular complexity index is 586. The molecule has 1 heterocycles. The zero-order chi connectivity index (χ0) is 16.0. The maximum Gasteiger partial charge on any atom is 0.287 e. The van der Waals surface area contributed by atoms with Crippen LogP contribution >= 0.6 is 21.6 Å². The van der Waals surface area contributed by atoms with Gasteiger partial charge in [0.05, 0.1) is 9.97 Å². The molecular formula is C11H12N4O4S2. The van der Waals surface area contributed by atoms with Crippen molar-refractivity contribution in [3.05, 3.63) is 50.7 Å². The van der Waals surface area contributed by atoms with Crippen LogP contribution in [0.1, 0.15) is 13.8 Å². The number of nitrogens with one attached hydrogen (secondary N) is 1. The van der Waals surface area contributed by atoms with Crippen LogP contribution in [0.2, 0.25) is 0 Å². The second-order valence-corrected chi connectivity index (χ2v) is 6.58. The lowest BCUT2D eigenvalue weighted by molar-refractivity contribution is -0.545. The highest BCUT2D eigenvalue weighted by atomic mass is 33.1. The largest absolute Gasteiger partial charge is 0.293 e. The van der Waals surface area contributed by atoms with Gasteiger partial charge >= 0.3 is 0 Å². The molecule has 0 aliphatic carbocycles. The average Bonchev–Trinajstić information content (AvgIpc) is 2.43. The van der Waals surface area contributed by atoms with E-state index in [1.54, 1.807) is 0 Å². The van der Waals surface area contributed by atoms with Gasteiger partial charge in [-0.3, -0.25) is 25.6 Å². The molecule has 0 amide bonds. The van der Waals surface area contributed by atoms with Crippen molar-refractivity contribution in [2.45, 2.75) is 24.4 Å². The van der Waals surface area contributed by atoms with Gasteiger partial charge in [0.15, 0.2) is 0 Å². The van der Waals surface area contributed by atoms with E-state index in [0.717, 1.165) is 27.8 Å². The number of hydrogen-bond acceptors (Lipinski definition) is 8. The van der Waals surface area contributed by atoms with E-state index in [1.165, 1.54) is 38.1 Å². The molecule has 8 nitrogen and oxygen atoms in total. The number of nitrogens with zero attached hydrogens (tertiary/aromatic N) is 3. The predicted octanol–water partition coefficient (Wildman–Crippen LogP) is 3.32. The molecule has 1 N–H and O–H groups in total. The van der Waals surface area contributed by atoms with Crippen molar-refractivity contribution in [1.82, 2.24) is 4.98 Å². The number of aromatic nitrogens is 1. The van der Waals surface area contributed by atoms with E-state index in [1.807, 2.05) is 0 Å². The molecule has 0 fully saturated rings. The standard InChI is InChI=1S/C11H12N4O4S2/c1-11(2,15(18)19)6-5-9(12)20-21-10-4-3-8(7-13-10)14(16)17/h3-7,12H,1-2H3/b6-5-,12-9?. The molecule has 0 aliphatic rings. The summed E-state index contributed by atoms with van der Waals surface area (Å²) in [4.78, 5) is 24.1. The molecule has 112 valence electrons. The SMILES string of the molecule is CC(C)(/C=C\C(=N)SSc1ccc([N+](=O)[O-])cn1)[N+](=O)[O-]. The van der Waals surface area contributed by atoms with Gasteiger partial charge in [-0.05, 0) is 39.8 Å². The second kappa shape index (κ2) is 7.18. The minimum Gasteiger partial charge on any atom is -0.293 e. The molecule has 10 heteroatoms. The fraction of sp³-hybridized carbons (Fsp3) is 0.273. The van der Waals surface area contributed by atoms with Gasteiger partial charge in [0, 0.05) is 24.8 Å². The van der Waals surface area contributed by atoms with Gasteiger partial charge in [-0.2, -0.15) is 0 Å². The first-order valence-electron chi connectivity index (χ1n) is 5.59. The maximum atomic E-state index is 10.7. The topological polar surface area (TPSA) is 123 Å². The minimum absolute atomic E-state index is 0.105. The molecule has 0 bridgehead atoms. The summed E-state index contributed by atoms with van der Waals surface area (Å²) in [6.45, 7) is 2.87. The fourth-order valence-electron chi connectivity index (χ4n) is 0.986. The summed E-state index contributed by atoms with van der Waals surface area (Å²) < 4.78 is 0. The van der Waals surface area contributed by atoms with Crippen molar-refractivity contribution < 1.29 is 9.85 Å². The Balaban J connectivity index is 2.55. The van der Waals surface area contributed by atoms with Crippen molar-refractivity contribution in [3.8, 4) is 0 Å². The second-order valence-electron chi connectivity index (χ2n) is 4.39. The van der Waals surface area contributed by atoms with Crippen molar-refractivity contribution in [2.75, 3.05) is 0 Å². The molecule has 21 heavy (non-hydrogen) atoms. The van der Waals surface area contributed by atoms with Gasteiger partial charge in [-0.25, -0.2) is 4.98 Å². The summed E-state index contributed by atoms with van der Waals surface area (Å²) in [6.07, 6.45) is 3.83. The van der Waals surface area contributed by atoms with Crippen LogP contribution in [0.3, 0.4) is 0 Å². The quantitative estimate of drug-likeness (QED) is 0.279. The van der Waals surface area contributed by atoms with Gasteiger partial charge < -0.3 is 0 Å². The normalized spacial score (nSPS) is 11.5. The lowest BCUT2D eigenvalue weighted by Gasteiger charge is -2.09. The maximum absolute atomic E-state index is 10.7. The zero-order valence-corrected chi connectivity index (χ0v) is 12.8. The van der Waals surface area contributed by atoms with Crippen molar-refractivity contribution in [2.24, 2.45) is 0 Å². The third kappa shape index (κ3) is 5.52. The summed E-state index contributed by atoms with van der Waals surface area (Å²) in [6, 6.07) is 2.80. The van der Waals surface area contributed by atoms with Crippen LogP contribution in [0.5, 0.6) is 0 Å². The van der Waals surface area contributed by atoms with Gasteiger partial charge in [0.25, 0.3) is 5.69 Å². The Hall–Kier alpha value is -1.94. The number of hydrogen-bond donors (Lipinski definition) is 1. The molecule has 0 aromatic carbocycles. The molecule has 1 aromatic heterocycles. The van der Waals surface area contributed by atoms with E-state index in [0.29, 0.717) is 5.03 Å². The van der Waals surface area contributed by atoms with Gasteiger partial charge in [-0.15, -0.1) is 0 Å². The van der Waals surface area contributed by atoms with E-state index >= 15 is 0 Å².